The highest BCUT2D eigenvalue weighted by molar-refractivity contribution is 7.10. The molecule has 1 atom stereocenters. The van der Waals surface area contributed by atoms with Gasteiger partial charge in [-0.15, -0.1) is 11.3 Å². The van der Waals surface area contributed by atoms with Crippen molar-refractivity contribution in [1.29, 1.82) is 5.26 Å². The van der Waals surface area contributed by atoms with Crippen molar-refractivity contribution in [1.82, 2.24) is 0 Å². The Morgan fingerprint density at radius 3 is 2.92 bits per heavy atom. The molecule has 0 radical (unpaired) electrons. The molecule has 62 valence electrons. The van der Waals surface area contributed by atoms with Gasteiger partial charge in [-0.3, -0.25) is 0 Å². The largest absolute Gasteiger partial charge is 0.324 e. The van der Waals surface area contributed by atoms with Gasteiger partial charge in [0.05, 0.1) is 0 Å². The molecule has 1 aliphatic carbocycles. The molecule has 0 saturated heterocycles. The van der Waals surface area contributed by atoms with Crippen molar-refractivity contribution < 1.29 is 0 Å². The van der Waals surface area contributed by atoms with E-state index in [2.05, 4.69) is 6.07 Å². The van der Waals surface area contributed by atoms with Gasteiger partial charge in [-0.25, -0.2) is 0 Å². The van der Waals surface area contributed by atoms with Crippen LogP contribution < -0.4 is 5.73 Å². The van der Waals surface area contributed by atoms with Crippen LogP contribution in [0.25, 0.3) is 0 Å². The average Bonchev–Trinajstić information content (AvgIpc) is 2.82. The quantitative estimate of drug-likeness (QED) is 0.753. The number of nitriles is 1. The molecule has 2 rings (SSSR count). The lowest BCUT2D eigenvalue weighted by molar-refractivity contribution is 0.635. The Kier molecular flexibility index (Phi) is 1.87. The molecule has 1 heterocycles. The van der Waals surface area contributed by atoms with Crippen LogP contribution in [0.1, 0.15) is 29.3 Å². The molecule has 12 heavy (non-hydrogen) atoms. The summed E-state index contributed by atoms with van der Waals surface area (Å²) in [4.78, 5) is 0.765. The van der Waals surface area contributed by atoms with Crippen LogP contribution in [0.4, 0.5) is 0 Å². The fourth-order valence-electron chi connectivity index (χ4n) is 1.31. The molecule has 2 N–H and O–H groups in total. The molecule has 1 saturated carbocycles. The van der Waals surface area contributed by atoms with Gasteiger partial charge < -0.3 is 5.73 Å². The maximum absolute atomic E-state index is 8.61. The van der Waals surface area contributed by atoms with E-state index in [0.717, 1.165) is 10.4 Å². The Bertz CT molecular complexity index is 320. The second-order valence-electron chi connectivity index (χ2n) is 3.22. The van der Waals surface area contributed by atoms with Gasteiger partial charge in [0.1, 0.15) is 10.9 Å². The minimum Gasteiger partial charge on any atom is -0.324 e. The first-order valence-electron chi connectivity index (χ1n) is 4.05. The number of hydrogen-bond donors (Lipinski definition) is 1. The Hall–Kier alpha value is -0.850. The zero-order valence-electron chi connectivity index (χ0n) is 6.66. The minimum absolute atomic E-state index is 0.170. The summed E-state index contributed by atoms with van der Waals surface area (Å²) in [5.41, 5.74) is 7.10. The molecular formula is C9H10N2S. The highest BCUT2D eigenvalue weighted by atomic mass is 32.1. The fraction of sp³-hybridized carbons (Fsp3) is 0.444. The van der Waals surface area contributed by atoms with E-state index in [1.54, 1.807) is 0 Å². The van der Waals surface area contributed by atoms with Crippen LogP contribution in [0.3, 0.4) is 0 Å². The molecule has 1 fully saturated rings. The molecule has 0 aliphatic heterocycles. The Balaban J connectivity index is 2.17. The van der Waals surface area contributed by atoms with Crippen molar-refractivity contribution >= 4 is 11.3 Å². The molecule has 1 aromatic heterocycles. The molecule has 0 aromatic carbocycles. The first-order chi connectivity index (χ1) is 5.81. The van der Waals surface area contributed by atoms with Crippen molar-refractivity contribution in [3.8, 4) is 6.07 Å². The zero-order chi connectivity index (χ0) is 8.55. The Morgan fingerprint density at radius 1 is 1.67 bits per heavy atom. The third-order valence-corrected chi connectivity index (χ3v) is 3.10. The summed E-state index contributed by atoms with van der Waals surface area (Å²) in [6, 6.07) is 4.20. The first-order valence-corrected chi connectivity index (χ1v) is 4.93. The minimum atomic E-state index is 0.170. The smallest absolute Gasteiger partial charge is 0.110 e. The summed E-state index contributed by atoms with van der Waals surface area (Å²) in [5.74, 6) is 0.672. The average molecular weight is 178 g/mol. The SMILES string of the molecule is N#Cc1cc(C(N)C2CC2)cs1. The number of nitrogens with two attached hydrogens (primary N) is 1. The number of thiophene rings is 1. The fourth-order valence-corrected chi connectivity index (χ4v) is 2.06. The van der Waals surface area contributed by atoms with Crippen LogP contribution in [0.2, 0.25) is 0 Å². The van der Waals surface area contributed by atoms with Gasteiger partial charge in [-0.1, -0.05) is 0 Å². The third kappa shape index (κ3) is 1.36. The molecule has 0 amide bonds. The molecule has 1 aliphatic rings. The van der Waals surface area contributed by atoms with Crippen molar-refractivity contribution in [3.63, 3.8) is 0 Å². The van der Waals surface area contributed by atoms with Gasteiger partial charge in [0.2, 0.25) is 0 Å². The molecular weight excluding hydrogens is 168 g/mol. The molecule has 2 nitrogen and oxygen atoms in total. The third-order valence-electron chi connectivity index (χ3n) is 2.24. The monoisotopic (exact) mass is 178 g/mol. The van der Waals surface area contributed by atoms with Gasteiger partial charge in [-0.2, -0.15) is 5.26 Å². The van der Waals surface area contributed by atoms with Crippen molar-refractivity contribution in [2.75, 3.05) is 0 Å². The van der Waals surface area contributed by atoms with E-state index in [4.69, 9.17) is 11.0 Å². The molecule has 3 heteroatoms. The number of rotatable bonds is 2. The van der Waals surface area contributed by atoms with Crippen LogP contribution in [0, 0.1) is 17.2 Å². The Labute approximate surface area is 75.6 Å². The van der Waals surface area contributed by atoms with Crippen LogP contribution in [0.15, 0.2) is 11.4 Å². The van der Waals surface area contributed by atoms with Crippen molar-refractivity contribution in [2.24, 2.45) is 11.7 Å². The number of hydrogen-bond acceptors (Lipinski definition) is 3. The van der Waals surface area contributed by atoms with E-state index >= 15 is 0 Å². The van der Waals surface area contributed by atoms with Crippen LogP contribution >= 0.6 is 11.3 Å². The van der Waals surface area contributed by atoms with Crippen molar-refractivity contribution in [2.45, 2.75) is 18.9 Å². The van der Waals surface area contributed by atoms with E-state index in [1.165, 1.54) is 24.2 Å². The highest BCUT2D eigenvalue weighted by Crippen LogP contribution is 2.40. The lowest BCUT2D eigenvalue weighted by atomic mass is 10.1. The normalized spacial score (nSPS) is 18.7. The lowest BCUT2D eigenvalue weighted by Crippen LogP contribution is -2.10. The second kappa shape index (κ2) is 2.89. The van der Waals surface area contributed by atoms with Gasteiger partial charge >= 0.3 is 0 Å². The van der Waals surface area contributed by atoms with E-state index in [-0.39, 0.29) is 6.04 Å². The summed E-state index contributed by atoms with van der Waals surface area (Å²) in [7, 11) is 0. The topological polar surface area (TPSA) is 49.8 Å². The molecule has 0 bridgehead atoms. The summed E-state index contributed by atoms with van der Waals surface area (Å²) in [6.07, 6.45) is 2.50. The van der Waals surface area contributed by atoms with Gasteiger partial charge in [-0.05, 0) is 35.8 Å². The number of nitrogens with zero attached hydrogens (tertiary/aromatic N) is 1. The van der Waals surface area contributed by atoms with E-state index in [0.29, 0.717) is 5.92 Å². The van der Waals surface area contributed by atoms with E-state index in [9.17, 15) is 0 Å². The predicted octanol–water partition coefficient (Wildman–Crippen LogP) is 2.03. The summed E-state index contributed by atoms with van der Waals surface area (Å²) in [5, 5.41) is 10.6. The summed E-state index contributed by atoms with van der Waals surface area (Å²) in [6.45, 7) is 0. The lowest BCUT2D eigenvalue weighted by Gasteiger charge is -2.05. The van der Waals surface area contributed by atoms with Crippen LogP contribution in [0.5, 0.6) is 0 Å². The van der Waals surface area contributed by atoms with Crippen LogP contribution in [-0.2, 0) is 0 Å². The maximum atomic E-state index is 8.61. The first kappa shape index (κ1) is 7.78. The molecule has 1 unspecified atom stereocenters. The van der Waals surface area contributed by atoms with E-state index in [1.807, 2.05) is 11.4 Å². The molecule has 0 spiro atoms. The van der Waals surface area contributed by atoms with E-state index < -0.39 is 0 Å². The maximum Gasteiger partial charge on any atom is 0.110 e. The van der Waals surface area contributed by atoms with Gasteiger partial charge in [0.15, 0.2) is 0 Å². The van der Waals surface area contributed by atoms with Crippen molar-refractivity contribution in [3.05, 3.63) is 21.9 Å². The highest BCUT2D eigenvalue weighted by Gasteiger charge is 2.29. The summed E-state index contributed by atoms with van der Waals surface area (Å²) < 4.78 is 0. The summed E-state index contributed by atoms with van der Waals surface area (Å²) >= 11 is 1.48. The van der Waals surface area contributed by atoms with Crippen LogP contribution in [-0.4, -0.2) is 0 Å². The Morgan fingerprint density at radius 2 is 2.42 bits per heavy atom. The second-order valence-corrected chi connectivity index (χ2v) is 4.13. The predicted molar refractivity (Wildman–Crippen MR) is 48.7 cm³/mol. The van der Waals surface area contributed by atoms with Gasteiger partial charge in [0.25, 0.3) is 0 Å². The standard InChI is InChI=1S/C9H10N2S/c10-4-8-3-7(5-12-8)9(11)6-1-2-6/h3,5-6,9H,1-2,11H2. The van der Waals surface area contributed by atoms with Gasteiger partial charge in [0, 0.05) is 6.04 Å². The zero-order valence-corrected chi connectivity index (χ0v) is 7.47. The molecule has 1 aromatic rings.